The molecular formula is C27H34N4O14. The molecule has 246 valence electrons. The summed E-state index contributed by atoms with van der Waals surface area (Å²) in [6.07, 6.45) is -10.1. The quantitative estimate of drug-likeness (QED) is 0.104. The molecule has 0 radical (unpaired) electrons. The first-order valence-corrected chi connectivity index (χ1v) is 13.6. The van der Waals surface area contributed by atoms with Crippen LogP contribution in [0.5, 0.6) is 0 Å². The molecule has 0 aliphatic carbocycles. The summed E-state index contributed by atoms with van der Waals surface area (Å²) in [7, 11) is 0. The molecule has 0 spiro atoms. The van der Waals surface area contributed by atoms with Gasteiger partial charge in [-0.1, -0.05) is 12.1 Å². The smallest absolute Gasteiger partial charge is 0.330 e. The predicted octanol–water partition coefficient (Wildman–Crippen LogP) is -4.97. The van der Waals surface area contributed by atoms with Crippen LogP contribution in [0.15, 0.2) is 45.8 Å². The van der Waals surface area contributed by atoms with E-state index >= 15 is 0 Å². The number of amides is 2. The van der Waals surface area contributed by atoms with Gasteiger partial charge in [0.25, 0.3) is 11.5 Å². The Bertz CT molecular complexity index is 1510. The van der Waals surface area contributed by atoms with Crippen molar-refractivity contribution in [3.05, 3.63) is 79.3 Å². The largest absolute Gasteiger partial charge is 0.456 e. The highest BCUT2D eigenvalue weighted by Gasteiger charge is 2.51. The molecular weight excluding hydrogens is 604 g/mol. The van der Waals surface area contributed by atoms with Crippen LogP contribution in [-0.2, 0) is 50.2 Å². The van der Waals surface area contributed by atoms with Gasteiger partial charge in [-0.05, 0) is 28.3 Å². The minimum absolute atomic E-state index is 0.156. The SMILES string of the molecule is NC(=O)[C@H](O[C@H]1OC(C(=O)NCc2cc(CO)c(CO)c(CO)c2)=C[C@H](O)[C@@H]1O)[C@H]1O[C@@H](n2ccc(=O)[nH]c2=O)[C@H](O)[C@@H]1CO. The van der Waals surface area contributed by atoms with E-state index in [2.05, 4.69) is 5.32 Å². The van der Waals surface area contributed by atoms with E-state index in [9.17, 15) is 54.9 Å². The number of rotatable bonds is 12. The molecule has 1 saturated heterocycles. The number of nitrogens with one attached hydrogen (secondary N) is 2. The van der Waals surface area contributed by atoms with Gasteiger partial charge in [-0.3, -0.25) is 23.9 Å². The Morgan fingerprint density at radius 1 is 1.04 bits per heavy atom. The normalized spacial score (nSPS) is 27.0. The average molecular weight is 639 g/mol. The summed E-state index contributed by atoms with van der Waals surface area (Å²) in [4.78, 5) is 51.2. The third-order valence-corrected chi connectivity index (χ3v) is 7.51. The fourth-order valence-electron chi connectivity index (χ4n) is 5.18. The molecule has 11 N–H and O–H groups in total. The molecule has 18 heteroatoms. The second-order valence-corrected chi connectivity index (χ2v) is 10.4. The molecule has 18 nitrogen and oxygen atoms in total. The highest BCUT2D eigenvalue weighted by Crippen LogP contribution is 2.36. The summed E-state index contributed by atoms with van der Waals surface area (Å²) in [5.41, 5.74) is 5.28. The molecule has 1 aromatic heterocycles. The number of hydrogen-bond acceptors (Lipinski definition) is 14. The lowest BCUT2D eigenvalue weighted by molar-refractivity contribution is -0.239. The van der Waals surface area contributed by atoms with Gasteiger partial charge in [0.2, 0.25) is 12.2 Å². The van der Waals surface area contributed by atoms with Gasteiger partial charge >= 0.3 is 5.69 Å². The summed E-state index contributed by atoms with van der Waals surface area (Å²) in [6, 6.07) is 3.99. The second-order valence-electron chi connectivity index (χ2n) is 10.4. The summed E-state index contributed by atoms with van der Waals surface area (Å²) >= 11 is 0. The number of nitrogens with zero attached hydrogens (tertiary/aromatic N) is 1. The van der Waals surface area contributed by atoms with E-state index in [0.29, 0.717) is 22.3 Å². The third-order valence-electron chi connectivity index (χ3n) is 7.51. The molecule has 0 unspecified atom stereocenters. The molecule has 0 bridgehead atoms. The van der Waals surface area contributed by atoms with Crippen molar-refractivity contribution < 1.29 is 59.5 Å². The average Bonchev–Trinajstić information content (AvgIpc) is 3.34. The van der Waals surface area contributed by atoms with Gasteiger partial charge in [-0.25, -0.2) is 4.79 Å². The maximum Gasteiger partial charge on any atom is 0.330 e. The fraction of sp³-hybridized carbons (Fsp3) is 0.481. The van der Waals surface area contributed by atoms with Crippen LogP contribution in [0.1, 0.15) is 28.5 Å². The van der Waals surface area contributed by atoms with Crippen molar-refractivity contribution in [1.82, 2.24) is 14.9 Å². The number of aromatic amines is 1. The van der Waals surface area contributed by atoms with Gasteiger partial charge in [-0.2, -0.15) is 0 Å². The van der Waals surface area contributed by atoms with Crippen LogP contribution in [0, 0.1) is 5.92 Å². The van der Waals surface area contributed by atoms with Crippen LogP contribution < -0.4 is 22.3 Å². The van der Waals surface area contributed by atoms with Crippen LogP contribution in [0.4, 0.5) is 0 Å². The van der Waals surface area contributed by atoms with E-state index < -0.39 is 104 Å². The third kappa shape index (κ3) is 7.14. The number of carbonyl (C=O) groups is 2. The number of aromatic nitrogens is 2. The minimum atomic E-state index is -1.90. The highest BCUT2D eigenvalue weighted by molar-refractivity contribution is 5.91. The van der Waals surface area contributed by atoms with Gasteiger partial charge in [0.1, 0.15) is 24.4 Å². The maximum absolute atomic E-state index is 12.9. The van der Waals surface area contributed by atoms with Gasteiger partial charge in [0.15, 0.2) is 18.1 Å². The van der Waals surface area contributed by atoms with Gasteiger partial charge in [0.05, 0.1) is 26.4 Å². The first-order valence-electron chi connectivity index (χ1n) is 13.6. The van der Waals surface area contributed by atoms with Crippen molar-refractivity contribution in [1.29, 1.82) is 0 Å². The molecule has 2 aliphatic heterocycles. The number of aliphatic hydroxyl groups excluding tert-OH is 7. The van der Waals surface area contributed by atoms with Crippen molar-refractivity contribution in [3.8, 4) is 0 Å². The lowest BCUT2D eigenvalue weighted by Gasteiger charge is -2.35. The van der Waals surface area contributed by atoms with Crippen molar-refractivity contribution >= 4 is 11.8 Å². The van der Waals surface area contributed by atoms with Crippen LogP contribution in [0.3, 0.4) is 0 Å². The van der Waals surface area contributed by atoms with Crippen LogP contribution >= 0.6 is 0 Å². The molecule has 0 saturated carbocycles. The molecule has 2 aromatic rings. The highest BCUT2D eigenvalue weighted by atomic mass is 16.7. The number of benzene rings is 1. The molecule has 2 amide bonds. The summed E-state index contributed by atoms with van der Waals surface area (Å²) in [5, 5.41) is 73.0. The monoisotopic (exact) mass is 638 g/mol. The first-order chi connectivity index (χ1) is 21.4. The van der Waals surface area contributed by atoms with Crippen molar-refractivity contribution in [2.24, 2.45) is 11.7 Å². The fourth-order valence-corrected chi connectivity index (χ4v) is 5.18. The molecule has 45 heavy (non-hydrogen) atoms. The number of H-pyrrole nitrogens is 1. The van der Waals surface area contributed by atoms with E-state index in [4.69, 9.17) is 19.9 Å². The maximum atomic E-state index is 12.9. The zero-order valence-corrected chi connectivity index (χ0v) is 23.6. The van der Waals surface area contributed by atoms with E-state index in [0.717, 1.165) is 22.9 Å². The molecule has 8 atom stereocenters. The number of primary amides is 1. The van der Waals surface area contributed by atoms with Crippen molar-refractivity contribution in [3.63, 3.8) is 0 Å². The molecule has 2 aliphatic rings. The van der Waals surface area contributed by atoms with Crippen molar-refractivity contribution in [2.75, 3.05) is 6.61 Å². The molecule has 3 heterocycles. The number of ether oxygens (including phenoxy) is 3. The van der Waals surface area contributed by atoms with Crippen molar-refractivity contribution in [2.45, 2.75) is 69.4 Å². The van der Waals surface area contributed by atoms with Gasteiger partial charge < -0.3 is 61.0 Å². The van der Waals surface area contributed by atoms with E-state index in [1.54, 1.807) is 0 Å². The zero-order chi connectivity index (χ0) is 33.0. The standard InChI is InChI=1S/C27H34N4O14/c28-23(40)22(21-15(10-35)19(38)25(44-21)31-2-1-18(37)30-27(31)42)45-26-20(39)16(36)5-17(43-26)24(41)29-6-11-3-12(7-32)14(9-34)13(4-11)8-33/h1-5,15-16,19-22,25-26,32-36,38-39H,6-10H2,(H2,28,40)(H,29,41)(H,30,37,42)/t15-,16-,19+,20-,21-,22+,25+,26+/m0/s1. The van der Waals surface area contributed by atoms with Gasteiger partial charge in [-0.15, -0.1) is 0 Å². The Morgan fingerprint density at radius 2 is 1.71 bits per heavy atom. The summed E-state index contributed by atoms with van der Waals surface area (Å²) in [5.74, 6) is -3.91. The Hall–Kier alpha value is -3.98. The van der Waals surface area contributed by atoms with E-state index in [-0.39, 0.29) is 6.54 Å². The number of carbonyl (C=O) groups excluding carboxylic acids is 2. The molecule has 1 aromatic carbocycles. The predicted molar refractivity (Wildman–Crippen MR) is 147 cm³/mol. The van der Waals surface area contributed by atoms with E-state index in [1.165, 1.54) is 12.1 Å². The number of hydrogen-bond donors (Lipinski definition) is 10. The summed E-state index contributed by atoms with van der Waals surface area (Å²) in [6.45, 7) is -2.25. The number of nitrogens with two attached hydrogens (primary N) is 1. The van der Waals surface area contributed by atoms with Crippen LogP contribution in [0.2, 0.25) is 0 Å². The summed E-state index contributed by atoms with van der Waals surface area (Å²) < 4.78 is 17.5. The first kappa shape index (κ1) is 33.9. The minimum Gasteiger partial charge on any atom is -0.456 e. The lowest BCUT2D eigenvalue weighted by atomic mass is 9.94. The Kier molecular flexibility index (Phi) is 10.9. The Morgan fingerprint density at radius 3 is 2.27 bits per heavy atom. The van der Waals surface area contributed by atoms with Gasteiger partial charge in [0, 0.05) is 24.7 Å². The van der Waals surface area contributed by atoms with Crippen LogP contribution in [-0.4, -0.2) is 101 Å². The molecule has 4 rings (SSSR count). The Labute approximate surface area is 253 Å². The van der Waals surface area contributed by atoms with E-state index in [1.807, 2.05) is 4.98 Å². The zero-order valence-electron chi connectivity index (χ0n) is 23.6. The topological polar surface area (TPSA) is 296 Å². The van der Waals surface area contributed by atoms with Crippen LogP contribution in [0.25, 0.3) is 0 Å². The Balaban J connectivity index is 1.50. The lowest BCUT2D eigenvalue weighted by Crippen LogP contribution is -2.53. The number of aliphatic hydroxyl groups is 7. The second kappa shape index (κ2) is 14.4. The molecule has 1 fully saturated rings.